The molecule has 0 bridgehead atoms. The van der Waals surface area contributed by atoms with Crippen molar-refractivity contribution < 1.29 is 38.0 Å². The molecular weight excluding hydrogens is 258 g/mol. The number of rotatable bonds is 4. The minimum atomic E-state index is -2.84. The van der Waals surface area contributed by atoms with Gasteiger partial charge in [-0.1, -0.05) is 0 Å². The second kappa shape index (κ2) is 8.12. The quantitative estimate of drug-likeness (QED) is 0.321. The molecule has 10 heteroatoms. The number of carbonyl (C=O) groups is 4. The zero-order valence-electron chi connectivity index (χ0n) is 9.77. The summed E-state index contributed by atoms with van der Waals surface area (Å²) in [7, 11) is 0.938. The number of carbonyl (C=O) groups excluding carboxylic acids is 4. The molecule has 0 saturated carbocycles. The van der Waals surface area contributed by atoms with E-state index in [1.54, 1.807) is 0 Å². The molecule has 0 aromatic rings. The van der Waals surface area contributed by atoms with Crippen molar-refractivity contribution in [3.8, 4) is 0 Å². The molecule has 0 aliphatic heterocycles. The first-order valence-electron chi connectivity index (χ1n) is 4.40. The van der Waals surface area contributed by atoms with Gasteiger partial charge >= 0.3 is 67.5 Å². The molecule has 0 spiro atoms. The van der Waals surface area contributed by atoms with Gasteiger partial charge in [-0.15, -0.1) is 0 Å². The van der Waals surface area contributed by atoms with E-state index in [2.05, 4.69) is 18.9 Å². The molecule has 0 unspecified atom stereocenters. The molecule has 96 valence electrons. The summed E-state index contributed by atoms with van der Waals surface area (Å²) in [5, 5.41) is 0. The van der Waals surface area contributed by atoms with Crippen molar-refractivity contribution in [1.29, 1.82) is 0 Å². The maximum atomic E-state index is 11.4. The molecule has 0 aromatic carbocycles. The number of hydrogen-bond donors (Lipinski definition) is 0. The summed E-state index contributed by atoms with van der Waals surface area (Å²) < 4.78 is 17.5. The van der Waals surface area contributed by atoms with Crippen LogP contribution in [0, 0.1) is 0 Å². The summed E-state index contributed by atoms with van der Waals surface area (Å²) in [4.78, 5) is 43.9. The van der Waals surface area contributed by atoms with Crippen LogP contribution < -0.4 is 0 Å². The van der Waals surface area contributed by atoms with Gasteiger partial charge in [0.25, 0.3) is 0 Å². The Hall–Kier alpha value is -1.06. The first-order chi connectivity index (χ1) is 7.73. The standard InChI is InChI=1S/C8H11BO8.Na.H/c1-4(10)14-8(7(13)17-9,15-5(2)11)16-6(3)12;;/h9H2,1-3H3;;. The summed E-state index contributed by atoms with van der Waals surface area (Å²) in [6, 6.07) is 0. The Morgan fingerprint density at radius 1 is 0.833 bits per heavy atom. The van der Waals surface area contributed by atoms with Gasteiger partial charge in [-0.2, -0.15) is 0 Å². The molecule has 0 aliphatic rings. The predicted octanol–water partition coefficient (Wildman–Crippen LogP) is -2.23. The second-order valence-corrected chi connectivity index (χ2v) is 2.83. The molecule has 0 aromatic heterocycles. The molecule has 18 heavy (non-hydrogen) atoms. The van der Waals surface area contributed by atoms with Crippen LogP contribution in [0.4, 0.5) is 0 Å². The summed E-state index contributed by atoms with van der Waals surface area (Å²) in [6.45, 7) is 2.81. The van der Waals surface area contributed by atoms with Gasteiger partial charge in [0.2, 0.25) is 0 Å². The summed E-state index contributed by atoms with van der Waals surface area (Å²) in [5.41, 5.74) is 0. The van der Waals surface area contributed by atoms with Crippen molar-refractivity contribution in [3.05, 3.63) is 0 Å². The fraction of sp³-hybridized carbons (Fsp3) is 0.500. The van der Waals surface area contributed by atoms with Crippen LogP contribution in [0.1, 0.15) is 20.8 Å². The summed E-state index contributed by atoms with van der Waals surface area (Å²) >= 11 is 0. The molecule has 0 radical (unpaired) electrons. The SMILES string of the molecule is BOC(=O)C(OC(C)=O)(OC(C)=O)OC(C)=O.[NaH]. The Morgan fingerprint density at radius 2 is 1.11 bits per heavy atom. The topological polar surface area (TPSA) is 105 Å². The molecule has 0 fully saturated rings. The molecule has 0 amide bonds. The Morgan fingerprint density at radius 3 is 1.28 bits per heavy atom. The Labute approximate surface area is 126 Å². The predicted molar refractivity (Wildman–Crippen MR) is 59.8 cm³/mol. The first kappa shape index (κ1) is 19.3. The molecule has 0 saturated heterocycles. The van der Waals surface area contributed by atoms with E-state index in [9.17, 15) is 19.2 Å². The molecule has 0 atom stereocenters. The van der Waals surface area contributed by atoms with Gasteiger partial charge in [-0.3, -0.25) is 14.4 Å². The van der Waals surface area contributed by atoms with Crippen LogP contribution in [0.5, 0.6) is 0 Å². The third kappa shape index (κ3) is 6.03. The third-order valence-corrected chi connectivity index (χ3v) is 1.27. The molecular formula is C8H12BNaO8. The average Bonchev–Trinajstić information content (AvgIpc) is 2.12. The first-order valence-corrected chi connectivity index (χ1v) is 4.40. The fourth-order valence-corrected chi connectivity index (χ4v) is 0.880. The normalized spacial score (nSPS) is 9.50. The van der Waals surface area contributed by atoms with Crippen molar-refractivity contribution in [2.45, 2.75) is 26.7 Å². The van der Waals surface area contributed by atoms with Crippen LogP contribution in [0.15, 0.2) is 0 Å². The van der Waals surface area contributed by atoms with Crippen LogP contribution >= 0.6 is 0 Å². The maximum absolute atomic E-state index is 11.4. The van der Waals surface area contributed by atoms with Crippen molar-refractivity contribution >= 4 is 61.5 Å². The number of hydrogen-bond acceptors (Lipinski definition) is 8. The van der Waals surface area contributed by atoms with E-state index in [0.29, 0.717) is 0 Å². The van der Waals surface area contributed by atoms with E-state index in [0.717, 1.165) is 28.8 Å². The van der Waals surface area contributed by atoms with Crippen LogP contribution in [0.25, 0.3) is 0 Å². The molecule has 0 aliphatic carbocycles. The zero-order chi connectivity index (χ0) is 13.6. The van der Waals surface area contributed by atoms with Gasteiger partial charge in [-0.25, -0.2) is 4.79 Å². The van der Waals surface area contributed by atoms with E-state index in [1.807, 2.05) is 0 Å². The van der Waals surface area contributed by atoms with E-state index in [4.69, 9.17) is 0 Å². The van der Waals surface area contributed by atoms with Gasteiger partial charge in [0.05, 0.1) is 0 Å². The van der Waals surface area contributed by atoms with Crippen LogP contribution in [-0.4, -0.2) is 67.5 Å². The van der Waals surface area contributed by atoms with Gasteiger partial charge in [-0.05, 0) is 0 Å². The second-order valence-electron chi connectivity index (χ2n) is 2.83. The van der Waals surface area contributed by atoms with Crippen molar-refractivity contribution in [2.24, 2.45) is 0 Å². The molecule has 0 rings (SSSR count). The Bertz CT molecular complexity index is 314. The van der Waals surface area contributed by atoms with Crippen LogP contribution in [-0.2, 0) is 38.0 Å². The number of ether oxygens (including phenoxy) is 3. The van der Waals surface area contributed by atoms with Crippen LogP contribution in [0.2, 0.25) is 0 Å². The van der Waals surface area contributed by atoms with Crippen molar-refractivity contribution in [1.82, 2.24) is 0 Å². The van der Waals surface area contributed by atoms with Gasteiger partial charge in [0, 0.05) is 20.8 Å². The van der Waals surface area contributed by atoms with E-state index in [-0.39, 0.29) is 29.6 Å². The van der Waals surface area contributed by atoms with E-state index < -0.39 is 29.9 Å². The van der Waals surface area contributed by atoms with Gasteiger partial charge in [0.1, 0.15) is 0 Å². The molecule has 0 N–H and O–H groups in total. The van der Waals surface area contributed by atoms with Gasteiger partial charge < -0.3 is 18.9 Å². The number of esters is 3. The zero-order valence-corrected chi connectivity index (χ0v) is 9.77. The minimum absolute atomic E-state index is 0. The monoisotopic (exact) mass is 270 g/mol. The van der Waals surface area contributed by atoms with Crippen molar-refractivity contribution in [3.63, 3.8) is 0 Å². The fourth-order valence-electron chi connectivity index (χ4n) is 0.880. The third-order valence-electron chi connectivity index (χ3n) is 1.27. The average molecular weight is 270 g/mol. The summed E-state index contributed by atoms with van der Waals surface area (Å²) in [6.07, 6.45) is 0. The van der Waals surface area contributed by atoms with Gasteiger partial charge in [0.15, 0.2) is 0 Å². The summed E-state index contributed by atoms with van der Waals surface area (Å²) in [5.74, 6) is -7.19. The molecule has 0 heterocycles. The van der Waals surface area contributed by atoms with E-state index >= 15 is 0 Å². The van der Waals surface area contributed by atoms with E-state index in [1.165, 1.54) is 0 Å². The van der Waals surface area contributed by atoms with Crippen LogP contribution in [0.3, 0.4) is 0 Å². The Balaban J connectivity index is 0. The Kier molecular flexibility index (Phi) is 8.70. The van der Waals surface area contributed by atoms with Crippen molar-refractivity contribution in [2.75, 3.05) is 0 Å². The molecule has 8 nitrogen and oxygen atoms in total.